The standard InChI is InChI=1S/C12H19N5O2/c1-19-11-4-2-10(3-5-11)16-6-8-17(9-7-16)15-12(18)14-13/h2-5H,6-9,13H2,1H3,(H2,14,15,18). The zero-order chi connectivity index (χ0) is 13.7. The van der Waals surface area contributed by atoms with Crippen molar-refractivity contribution in [3.05, 3.63) is 24.3 Å². The van der Waals surface area contributed by atoms with Gasteiger partial charge in [-0.1, -0.05) is 0 Å². The summed E-state index contributed by atoms with van der Waals surface area (Å²) in [6.07, 6.45) is 0. The summed E-state index contributed by atoms with van der Waals surface area (Å²) >= 11 is 0. The monoisotopic (exact) mass is 265 g/mol. The van der Waals surface area contributed by atoms with Crippen LogP contribution in [0.2, 0.25) is 0 Å². The van der Waals surface area contributed by atoms with Gasteiger partial charge in [0.25, 0.3) is 0 Å². The van der Waals surface area contributed by atoms with E-state index in [2.05, 4.69) is 10.3 Å². The molecule has 4 N–H and O–H groups in total. The molecule has 2 amide bonds. The second-order valence-corrected chi connectivity index (χ2v) is 4.26. The van der Waals surface area contributed by atoms with E-state index in [0.717, 1.165) is 37.6 Å². The number of amides is 2. The maximum Gasteiger partial charge on any atom is 0.343 e. The molecule has 0 spiro atoms. The number of piperazine rings is 1. The first-order chi connectivity index (χ1) is 9.22. The number of rotatable bonds is 3. The molecule has 0 saturated carbocycles. The number of nitrogens with zero attached hydrogens (tertiary/aromatic N) is 2. The third-order valence-corrected chi connectivity index (χ3v) is 3.11. The van der Waals surface area contributed by atoms with Gasteiger partial charge < -0.3 is 9.64 Å². The molecule has 1 aromatic carbocycles. The van der Waals surface area contributed by atoms with Crippen molar-refractivity contribution >= 4 is 11.7 Å². The summed E-state index contributed by atoms with van der Waals surface area (Å²) in [5, 5.41) is 1.85. The van der Waals surface area contributed by atoms with Crippen molar-refractivity contribution in [3.63, 3.8) is 0 Å². The first-order valence-electron chi connectivity index (χ1n) is 6.14. The number of urea groups is 1. The Labute approximate surface area is 112 Å². The molecule has 0 unspecified atom stereocenters. The number of anilines is 1. The molecular weight excluding hydrogens is 246 g/mol. The zero-order valence-electron chi connectivity index (χ0n) is 10.9. The largest absolute Gasteiger partial charge is 0.497 e. The molecule has 0 atom stereocenters. The lowest BCUT2D eigenvalue weighted by molar-refractivity contribution is 0.170. The van der Waals surface area contributed by atoms with Crippen LogP contribution in [0.15, 0.2) is 24.3 Å². The van der Waals surface area contributed by atoms with Crippen LogP contribution in [0.3, 0.4) is 0 Å². The molecule has 0 radical (unpaired) electrons. The van der Waals surface area contributed by atoms with Crippen LogP contribution in [0.5, 0.6) is 5.75 Å². The van der Waals surface area contributed by atoms with E-state index in [4.69, 9.17) is 10.6 Å². The molecule has 0 aliphatic carbocycles. The lowest BCUT2D eigenvalue weighted by atomic mass is 10.2. The summed E-state index contributed by atoms with van der Waals surface area (Å²) in [6, 6.07) is 7.57. The van der Waals surface area contributed by atoms with Crippen molar-refractivity contribution in [2.45, 2.75) is 0 Å². The molecule has 1 aliphatic heterocycles. The summed E-state index contributed by atoms with van der Waals surface area (Å²) in [5.41, 5.74) is 5.88. The molecule has 1 aromatic rings. The Morgan fingerprint density at radius 2 is 1.84 bits per heavy atom. The molecule has 0 aromatic heterocycles. The van der Waals surface area contributed by atoms with Gasteiger partial charge in [-0.05, 0) is 24.3 Å². The molecular formula is C12H19N5O2. The number of nitrogens with two attached hydrogens (primary N) is 1. The number of benzene rings is 1. The summed E-state index contributed by atoms with van der Waals surface area (Å²) < 4.78 is 5.14. The number of methoxy groups -OCH3 is 1. The van der Waals surface area contributed by atoms with Gasteiger partial charge in [-0.2, -0.15) is 0 Å². The Bertz CT molecular complexity index is 415. The third kappa shape index (κ3) is 3.49. The highest BCUT2D eigenvalue weighted by Crippen LogP contribution is 2.20. The highest BCUT2D eigenvalue weighted by Gasteiger charge is 2.18. The van der Waals surface area contributed by atoms with Crippen molar-refractivity contribution in [3.8, 4) is 5.75 Å². The highest BCUT2D eigenvalue weighted by atomic mass is 16.5. The third-order valence-electron chi connectivity index (χ3n) is 3.11. The van der Waals surface area contributed by atoms with Crippen LogP contribution in [0.1, 0.15) is 0 Å². The Morgan fingerprint density at radius 1 is 1.21 bits per heavy atom. The van der Waals surface area contributed by atoms with Crippen molar-refractivity contribution in [2.24, 2.45) is 5.84 Å². The van der Waals surface area contributed by atoms with Gasteiger partial charge in [0.1, 0.15) is 5.75 Å². The van der Waals surface area contributed by atoms with E-state index < -0.39 is 6.03 Å². The zero-order valence-corrected chi connectivity index (χ0v) is 10.9. The van der Waals surface area contributed by atoms with Crippen molar-refractivity contribution < 1.29 is 9.53 Å². The first-order valence-corrected chi connectivity index (χ1v) is 6.14. The van der Waals surface area contributed by atoms with E-state index in [-0.39, 0.29) is 0 Å². The minimum atomic E-state index is -0.391. The highest BCUT2D eigenvalue weighted by molar-refractivity contribution is 5.72. The Kier molecular flexibility index (Phi) is 4.43. The minimum absolute atomic E-state index is 0.391. The van der Waals surface area contributed by atoms with Gasteiger partial charge in [-0.15, -0.1) is 0 Å². The maximum absolute atomic E-state index is 11.1. The van der Waals surface area contributed by atoms with E-state index in [1.54, 1.807) is 7.11 Å². The summed E-state index contributed by atoms with van der Waals surface area (Å²) in [5.74, 6) is 5.87. The summed E-state index contributed by atoms with van der Waals surface area (Å²) in [7, 11) is 1.65. The number of carbonyl (C=O) groups excluding carboxylic acids is 1. The second-order valence-electron chi connectivity index (χ2n) is 4.26. The van der Waals surface area contributed by atoms with Gasteiger partial charge in [0, 0.05) is 31.9 Å². The lowest BCUT2D eigenvalue weighted by Crippen LogP contribution is -2.56. The van der Waals surface area contributed by atoms with E-state index >= 15 is 0 Å². The summed E-state index contributed by atoms with van der Waals surface area (Å²) in [4.78, 5) is 13.3. The SMILES string of the molecule is COc1ccc(N2CCN(NC(=O)NN)CC2)cc1. The quantitative estimate of drug-likeness (QED) is 0.404. The molecule has 104 valence electrons. The van der Waals surface area contributed by atoms with E-state index in [9.17, 15) is 4.79 Å². The van der Waals surface area contributed by atoms with Gasteiger partial charge in [0.15, 0.2) is 0 Å². The summed E-state index contributed by atoms with van der Waals surface area (Å²) in [6.45, 7) is 3.19. The fourth-order valence-electron chi connectivity index (χ4n) is 2.05. The smallest absolute Gasteiger partial charge is 0.343 e. The van der Waals surface area contributed by atoms with Crippen molar-refractivity contribution in [2.75, 3.05) is 38.2 Å². The van der Waals surface area contributed by atoms with E-state index in [1.807, 2.05) is 34.7 Å². The number of hydrogen-bond acceptors (Lipinski definition) is 5. The van der Waals surface area contributed by atoms with Crippen LogP contribution in [0.25, 0.3) is 0 Å². The Hall–Kier alpha value is -1.99. The van der Waals surface area contributed by atoms with Crippen LogP contribution in [-0.4, -0.2) is 44.3 Å². The van der Waals surface area contributed by atoms with Gasteiger partial charge >= 0.3 is 6.03 Å². The van der Waals surface area contributed by atoms with Gasteiger partial charge in [-0.3, -0.25) is 10.9 Å². The number of ether oxygens (including phenoxy) is 1. The average Bonchev–Trinajstić information content (AvgIpc) is 2.48. The lowest BCUT2D eigenvalue weighted by Gasteiger charge is -2.35. The molecule has 2 rings (SSSR count). The van der Waals surface area contributed by atoms with E-state index in [0.29, 0.717) is 0 Å². The number of carbonyl (C=O) groups is 1. The normalized spacial score (nSPS) is 16.0. The minimum Gasteiger partial charge on any atom is -0.497 e. The van der Waals surface area contributed by atoms with Crippen molar-refractivity contribution in [1.82, 2.24) is 15.9 Å². The van der Waals surface area contributed by atoms with Crippen LogP contribution < -0.4 is 26.3 Å². The molecule has 19 heavy (non-hydrogen) atoms. The van der Waals surface area contributed by atoms with Crippen molar-refractivity contribution in [1.29, 1.82) is 0 Å². The van der Waals surface area contributed by atoms with Crippen LogP contribution >= 0.6 is 0 Å². The van der Waals surface area contributed by atoms with Crippen LogP contribution in [0, 0.1) is 0 Å². The molecule has 1 aliphatic rings. The van der Waals surface area contributed by atoms with Gasteiger partial charge in [-0.25, -0.2) is 15.6 Å². The molecule has 7 nitrogen and oxygen atoms in total. The maximum atomic E-state index is 11.1. The topological polar surface area (TPSA) is 82.9 Å². The number of nitrogens with one attached hydrogen (secondary N) is 2. The predicted octanol–water partition coefficient (Wildman–Crippen LogP) is -0.0949. The number of hydrogen-bond donors (Lipinski definition) is 3. The van der Waals surface area contributed by atoms with Gasteiger partial charge in [0.05, 0.1) is 7.11 Å². The van der Waals surface area contributed by atoms with Crippen LogP contribution in [0.4, 0.5) is 10.5 Å². The number of hydrazine groups is 2. The fourth-order valence-corrected chi connectivity index (χ4v) is 2.05. The van der Waals surface area contributed by atoms with Crippen LogP contribution in [-0.2, 0) is 0 Å². The molecule has 1 fully saturated rings. The first kappa shape index (κ1) is 13.4. The van der Waals surface area contributed by atoms with Gasteiger partial charge in [0.2, 0.25) is 0 Å². The predicted molar refractivity (Wildman–Crippen MR) is 72.6 cm³/mol. The molecule has 1 saturated heterocycles. The molecule has 0 bridgehead atoms. The average molecular weight is 265 g/mol. The second kappa shape index (κ2) is 6.26. The fraction of sp³-hybridized carbons (Fsp3) is 0.417. The molecule has 1 heterocycles. The van der Waals surface area contributed by atoms with E-state index in [1.165, 1.54) is 0 Å². The Balaban J connectivity index is 1.86. The molecule has 7 heteroatoms. The Morgan fingerprint density at radius 3 is 2.37 bits per heavy atom.